The highest BCUT2D eigenvalue weighted by molar-refractivity contribution is 5.11. The number of nitrogens with zero attached hydrogens (tertiary/aromatic N) is 1. The van der Waals surface area contributed by atoms with Gasteiger partial charge in [0.05, 0.1) is 7.11 Å². The van der Waals surface area contributed by atoms with E-state index in [-0.39, 0.29) is 6.10 Å². The Kier molecular flexibility index (Phi) is 5.91. The van der Waals surface area contributed by atoms with Gasteiger partial charge in [-0.1, -0.05) is 0 Å². The minimum atomic E-state index is -0.628. The van der Waals surface area contributed by atoms with Crippen LogP contribution in [0, 0.1) is 0 Å². The molecule has 0 aromatic carbocycles. The van der Waals surface area contributed by atoms with E-state index in [1.165, 1.54) is 7.11 Å². The van der Waals surface area contributed by atoms with E-state index >= 15 is 0 Å². The van der Waals surface area contributed by atoms with Gasteiger partial charge >= 0.3 is 0 Å². The molecule has 1 heterocycles. The van der Waals surface area contributed by atoms with Gasteiger partial charge in [-0.05, 0) is 25.9 Å². The van der Waals surface area contributed by atoms with Crippen molar-refractivity contribution in [3.05, 3.63) is 11.8 Å². The maximum absolute atomic E-state index is 8.94. The Morgan fingerprint density at radius 2 is 1.86 bits per heavy atom. The van der Waals surface area contributed by atoms with Crippen molar-refractivity contribution in [1.82, 2.24) is 5.16 Å². The predicted octanol–water partition coefficient (Wildman–Crippen LogP) is 1.12. The van der Waals surface area contributed by atoms with E-state index in [1.54, 1.807) is 26.8 Å². The third kappa shape index (κ3) is 5.55. The number of rotatable bonds is 2. The first kappa shape index (κ1) is 12.9. The van der Waals surface area contributed by atoms with Crippen molar-refractivity contribution in [2.45, 2.75) is 33.0 Å². The molecule has 0 amide bonds. The van der Waals surface area contributed by atoms with Crippen LogP contribution in [0.25, 0.3) is 0 Å². The fourth-order valence-electron chi connectivity index (χ4n) is 0.565. The standard InChI is InChI=1S/C6H9NO3.C3H8O/c1-4(8)5-3-6(9-2)7-10-5;1-3(2)4/h3-4,8H,1-2H3;3-4H,1-2H3. The summed E-state index contributed by atoms with van der Waals surface area (Å²) in [6.45, 7) is 5.04. The zero-order chi connectivity index (χ0) is 11.1. The second-order valence-corrected chi connectivity index (χ2v) is 3.04. The molecule has 1 aromatic rings. The summed E-state index contributed by atoms with van der Waals surface area (Å²) in [7, 11) is 1.49. The van der Waals surface area contributed by atoms with Crippen molar-refractivity contribution < 1.29 is 19.5 Å². The number of aliphatic hydroxyl groups excluding tert-OH is 2. The zero-order valence-electron chi connectivity index (χ0n) is 8.89. The Morgan fingerprint density at radius 3 is 2.07 bits per heavy atom. The van der Waals surface area contributed by atoms with Crippen LogP contribution in [-0.2, 0) is 0 Å². The number of hydrogen-bond donors (Lipinski definition) is 2. The molecular formula is C9H17NO4. The molecule has 14 heavy (non-hydrogen) atoms. The molecule has 1 atom stereocenters. The third-order valence-electron chi connectivity index (χ3n) is 1.13. The van der Waals surface area contributed by atoms with Crippen LogP contribution in [0.15, 0.2) is 10.6 Å². The van der Waals surface area contributed by atoms with E-state index in [1.807, 2.05) is 0 Å². The largest absolute Gasteiger partial charge is 0.479 e. The summed E-state index contributed by atoms with van der Waals surface area (Å²) >= 11 is 0. The minimum absolute atomic E-state index is 0.167. The van der Waals surface area contributed by atoms with Crippen molar-refractivity contribution >= 4 is 0 Å². The number of aromatic nitrogens is 1. The Labute approximate surface area is 83.3 Å². The van der Waals surface area contributed by atoms with Crippen LogP contribution in [0.4, 0.5) is 0 Å². The summed E-state index contributed by atoms with van der Waals surface area (Å²) in [6, 6.07) is 1.55. The lowest BCUT2D eigenvalue weighted by Gasteiger charge is -1.92. The van der Waals surface area contributed by atoms with Crippen LogP contribution in [0.5, 0.6) is 5.88 Å². The molecule has 1 unspecified atom stereocenters. The van der Waals surface area contributed by atoms with Crippen molar-refractivity contribution in [1.29, 1.82) is 0 Å². The van der Waals surface area contributed by atoms with E-state index in [0.717, 1.165) is 0 Å². The van der Waals surface area contributed by atoms with Gasteiger partial charge in [-0.3, -0.25) is 0 Å². The zero-order valence-corrected chi connectivity index (χ0v) is 8.89. The lowest BCUT2D eigenvalue weighted by Crippen LogP contribution is -1.85. The van der Waals surface area contributed by atoms with Crippen molar-refractivity contribution in [3.8, 4) is 5.88 Å². The molecule has 0 bridgehead atoms. The van der Waals surface area contributed by atoms with E-state index < -0.39 is 6.10 Å². The summed E-state index contributed by atoms with van der Waals surface area (Å²) in [4.78, 5) is 0. The monoisotopic (exact) mass is 203 g/mol. The average Bonchev–Trinajstić information content (AvgIpc) is 2.50. The van der Waals surface area contributed by atoms with E-state index in [2.05, 4.69) is 5.16 Å². The lowest BCUT2D eigenvalue weighted by atomic mass is 10.3. The molecule has 0 aliphatic carbocycles. The van der Waals surface area contributed by atoms with Crippen LogP contribution in [0.3, 0.4) is 0 Å². The first-order valence-electron chi connectivity index (χ1n) is 4.34. The maximum atomic E-state index is 8.94. The number of aliphatic hydroxyl groups is 2. The Bertz CT molecular complexity index is 242. The van der Waals surface area contributed by atoms with Gasteiger partial charge in [0.15, 0.2) is 5.76 Å². The van der Waals surface area contributed by atoms with Gasteiger partial charge < -0.3 is 19.5 Å². The molecule has 0 saturated carbocycles. The second kappa shape index (κ2) is 6.39. The fourth-order valence-corrected chi connectivity index (χ4v) is 0.565. The summed E-state index contributed by atoms with van der Waals surface area (Å²) in [5, 5.41) is 20.5. The van der Waals surface area contributed by atoms with E-state index in [0.29, 0.717) is 11.6 Å². The Hall–Kier alpha value is -1.07. The molecule has 0 fully saturated rings. The van der Waals surface area contributed by atoms with Crippen LogP contribution in [0.1, 0.15) is 32.6 Å². The molecule has 0 spiro atoms. The average molecular weight is 203 g/mol. The minimum Gasteiger partial charge on any atom is -0.479 e. The lowest BCUT2D eigenvalue weighted by molar-refractivity contribution is 0.157. The first-order valence-corrected chi connectivity index (χ1v) is 4.34. The van der Waals surface area contributed by atoms with Crippen LogP contribution in [-0.4, -0.2) is 28.6 Å². The van der Waals surface area contributed by atoms with Crippen molar-refractivity contribution in [2.24, 2.45) is 0 Å². The summed E-state index contributed by atoms with van der Waals surface area (Å²) in [5.41, 5.74) is 0. The highest BCUT2D eigenvalue weighted by atomic mass is 16.5. The van der Waals surface area contributed by atoms with Gasteiger partial charge in [0, 0.05) is 12.2 Å². The summed E-state index contributed by atoms with van der Waals surface area (Å²) < 4.78 is 9.42. The molecule has 0 saturated heterocycles. The van der Waals surface area contributed by atoms with Crippen molar-refractivity contribution in [3.63, 3.8) is 0 Å². The van der Waals surface area contributed by atoms with Gasteiger partial charge in [0.2, 0.25) is 0 Å². The molecule has 5 heteroatoms. The Balaban J connectivity index is 0.000000364. The molecule has 0 radical (unpaired) electrons. The first-order chi connectivity index (χ1) is 6.47. The van der Waals surface area contributed by atoms with Gasteiger partial charge in [0.1, 0.15) is 6.10 Å². The fraction of sp³-hybridized carbons (Fsp3) is 0.667. The quantitative estimate of drug-likeness (QED) is 0.753. The van der Waals surface area contributed by atoms with Gasteiger partial charge in [-0.2, -0.15) is 0 Å². The SMILES string of the molecule is CC(C)O.COc1cc(C(C)O)on1. The highest BCUT2D eigenvalue weighted by Gasteiger charge is 2.07. The molecule has 5 nitrogen and oxygen atoms in total. The van der Waals surface area contributed by atoms with E-state index in [9.17, 15) is 0 Å². The van der Waals surface area contributed by atoms with Crippen LogP contribution < -0.4 is 4.74 Å². The molecular weight excluding hydrogens is 186 g/mol. The molecule has 0 aliphatic heterocycles. The third-order valence-corrected chi connectivity index (χ3v) is 1.13. The smallest absolute Gasteiger partial charge is 0.254 e. The number of ether oxygens (including phenoxy) is 1. The predicted molar refractivity (Wildman–Crippen MR) is 51.0 cm³/mol. The van der Waals surface area contributed by atoms with Crippen LogP contribution in [0.2, 0.25) is 0 Å². The van der Waals surface area contributed by atoms with Crippen LogP contribution >= 0.6 is 0 Å². The number of methoxy groups -OCH3 is 1. The van der Waals surface area contributed by atoms with E-state index in [4.69, 9.17) is 19.5 Å². The second-order valence-electron chi connectivity index (χ2n) is 3.04. The molecule has 2 N–H and O–H groups in total. The maximum Gasteiger partial charge on any atom is 0.254 e. The van der Waals surface area contributed by atoms with Gasteiger partial charge in [-0.25, -0.2) is 0 Å². The van der Waals surface area contributed by atoms with Crippen molar-refractivity contribution in [2.75, 3.05) is 7.11 Å². The number of hydrogen-bond acceptors (Lipinski definition) is 5. The summed E-state index contributed by atoms with van der Waals surface area (Å²) in [5.74, 6) is 0.799. The normalized spacial score (nSPS) is 11.9. The molecule has 1 aromatic heterocycles. The van der Waals surface area contributed by atoms with Gasteiger partial charge in [-0.15, -0.1) is 0 Å². The Morgan fingerprint density at radius 1 is 1.36 bits per heavy atom. The molecule has 82 valence electrons. The highest BCUT2D eigenvalue weighted by Crippen LogP contribution is 2.16. The molecule has 0 aliphatic rings. The molecule has 1 rings (SSSR count). The summed E-state index contributed by atoms with van der Waals surface area (Å²) in [6.07, 6.45) is -0.795. The van der Waals surface area contributed by atoms with Gasteiger partial charge in [0.25, 0.3) is 5.88 Å². The topological polar surface area (TPSA) is 75.7 Å².